The van der Waals surface area contributed by atoms with Gasteiger partial charge in [0.15, 0.2) is 5.82 Å². The van der Waals surface area contributed by atoms with Gasteiger partial charge in [0.1, 0.15) is 0 Å². The number of nitrogens with one attached hydrogen (secondary N) is 1. The van der Waals surface area contributed by atoms with Crippen molar-refractivity contribution in [1.29, 1.82) is 0 Å². The minimum Gasteiger partial charge on any atom is -0.352 e. The van der Waals surface area contributed by atoms with Crippen LogP contribution in [0.5, 0.6) is 0 Å². The number of rotatable bonds is 5. The molecular formula is C16H21N3O2. The Morgan fingerprint density at radius 1 is 1.19 bits per heavy atom. The molecule has 112 valence electrons. The largest absolute Gasteiger partial charge is 0.352 e. The molecule has 2 aromatic rings. The summed E-state index contributed by atoms with van der Waals surface area (Å²) in [6.45, 7) is 8.54. The Morgan fingerprint density at radius 3 is 2.43 bits per heavy atom. The van der Waals surface area contributed by atoms with Gasteiger partial charge in [0.05, 0.1) is 0 Å². The average molecular weight is 287 g/mol. The molecule has 2 rings (SSSR count). The van der Waals surface area contributed by atoms with Crippen LogP contribution in [0.25, 0.3) is 0 Å². The summed E-state index contributed by atoms with van der Waals surface area (Å²) < 4.78 is 4.99. The van der Waals surface area contributed by atoms with Gasteiger partial charge in [-0.25, -0.2) is 0 Å². The first-order chi connectivity index (χ1) is 9.95. The number of carbonyl (C=O) groups is 1. The Balaban J connectivity index is 1.87. The van der Waals surface area contributed by atoms with E-state index in [1.54, 1.807) is 6.92 Å². The Labute approximate surface area is 124 Å². The van der Waals surface area contributed by atoms with Gasteiger partial charge in [-0.2, -0.15) is 4.98 Å². The van der Waals surface area contributed by atoms with Crippen molar-refractivity contribution in [2.45, 2.75) is 47.1 Å². The molecular weight excluding hydrogens is 266 g/mol. The molecule has 1 heterocycles. The third kappa shape index (κ3) is 4.15. The first kappa shape index (κ1) is 15.2. The van der Waals surface area contributed by atoms with Crippen molar-refractivity contribution in [2.24, 2.45) is 0 Å². The van der Waals surface area contributed by atoms with Crippen LogP contribution in [0.2, 0.25) is 0 Å². The van der Waals surface area contributed by atoms with Gasteiger partial charge in [0.25, 0.3) is 0 Å². The lowest BCUT2D eigenvalue weighted by molar-refractivity contribution is -0.121. The second-order valence-electron chi connectivity index (χ2n) is 5.39. The maximum atomic E-state index is 11.9. The number of carbonyl (C=O) groups excluding carboxylic acids is 1. The van der Waals surface area contributed by atoms with Gasteiger partial charge >= 0.3 is 0 Å². The van der Waals surface area contributed by atoms with Gasteiger partial charge in [-0.3, -0.25) is 4.79 Å². The maximum Gasteiger partial charge on any atom is 0.227 e. The first-order valence-corrected chi connectivity index (χ1v) is 7.08. The van der Waals surface area contributed by atoms with Crippen LogP contribution >= 0.6 is 0 Å². The molecule has 5 heteroatoms. The highest BCUT2D eigenvalue weighted by Crippen LogP contribution is 2.16. The van der Waals surface area contributed by atoms with E-state index >= 15 is 0 Å². The fourth-order valence-electron chi connectivity index (χ4n) is 2.43. The average Bonchev–Trinajstić information content (AvgIpc) is 2.81. The molecule has 0 aliphatic heterocycles. The Morgan fingerprint density at radius 2 is 1.86 bits per heavy atom. The van der Waals surface area contributed by atoms with E-state index in [0.29, 0.717) is 31.1 Å². The highest BCUT2D eigenvalue weighted by atomic mass is 16.5. The predicted octanol–water partition coefficient (Wildman–Crippen LogP) is 2.55. The van der Waals surface area contributed by atoms with E-state index in [4.69, 9.17) is 4.52 Å². The molecule has 1 aromatic heterocycles. The number of aromatic nitrogens is 2. The third-order valence-corrected chi connectivity index (χ3v) is 3.44. The van der Waals surface area contributed by atoms with E-state index in [-0.39, 0.29) is 5.91 Å². The lowest BCUT2D eigenvalue weighted by Crippen LogP contribution is -2.24. The van der Waals surface area contributed by atoms with Crippen LogP contribution in [0.15, 0.2) is 16.7 Å². The molecule has 0 aliphatic carbocycles. The van der Waals surface area contributed by atoms with Crippen LogP contribution in [0.3, 0.4) is 0 Å². The zero-order chi connectivity index (χ0) is 15.4. The van der Waals surface area contributed by atoms with E-state index in [1.165, 1.54) is 22.3 Å². The summed E-state index contributed by atoms with van der Waals surface area (Å²) >= 11 is 0. The number of benzene rings is 1. The van der Waals surface area contributed by atoms with Crippen molar-refractivity contribution in [3.05, 3.63) is 46.1 Å². The van der Waals surface area contributed by atoms with E-state index in [1.807, 2.05) is 0 Å². The van der Waals surface area contributed by atoms with Gasteiger partial charge in [-0.15, -0.1) is 0 Å². The molecule has 0 radical (unpaired) electrons. The number of aryl methyl sites for hydroxylation is 5. The molecule has 1 N–H and O–H groups in total. The van der Waals surface area contributed by atoms with Crippen LogP contribution in [0.4, 0.5) is 0 Å². The van der Waals surface area contributed by atoms with Crippen molar-refractivity contribution in [2.75, 3.05) is 0 Å². The van der Waals surface area contributed by atoms with Gasteiger partial charge in [-0.05, 0) is 44.4 Å². The van der Waals surface area contributed by atoms with Gasteiger partial charge in [0.2, 0.25) is 11.8 Å². The topological polar surface area (TPSA) is 68.0 Å². The third-order valence-electron chi connectivity index (χ3n) is 3.44. The molecule has 5 nitrogen and oxygen atoms in total. The molecule has 21 heavy (non-hydrogen) atoms. The Kier molecular flexibility index (Phi) is 4.73. The Hall–Kier alpha value is -2.17. The summed E-state index contributed by atoms with van der Waals surface area (Å²) in [4.78, 5) is 16.0. The van der Waals surface area contributed by atoms with Crippen LogP contribution < -0.4 is 5.32 Å². The van der Waals surface area contributed by atoms with Crippen molar-refractivity contribution < 1.29 is 9.32 Å². The van der Waals surface area contributed by atoms with Crippen molar-refractivity contribution in [1.82, 2.24) is 15.5 Å². The summed E-state index contributed by atoms with van der Waals surface area (Å²) in [6.07, 6.45) is 0.824. The predicted molar refractivity (Wildman–Crippen MR) is 79.9 cm³/mol. The highest BCUT2D eigenvalue weighted by Gasteiger charge is 2.09. The number of hydrogen-bond acceptors (Lipinski definition) is 4. The van der Waals surface area contributed by atoms with E-state index < -0.39 is 0 Å². The molecule has 1 amide bonds. The molecule has 0 aliphatic rings. The van der Waals surface area contributed by atoms with E-state index in [0.717, 1.165) is 0 Å². The molecule has 0 saturated heterocycles. The smallest absolute Gasteiger partial charge is 0.227 e. The number of hydrogen-bond donors (Lipinski definition) is 1. The summed E-state index contributed by atoms with van der Waals surface area (Å²) in [5, 5.41) is 6.65. The Bertz CT molecular complexity index is 624. The number of amides is 1. The molecule has 0 spiro atoms. The SMILES string of the molecule is Cc1cc(C)c(CNC(=O)CCc2nc(C)no2)c(C)c1. The number of nitrogens with zero attached hydrogens (tertiary/aromatic N) is 2. The summed E-state index contributed by atoms with van der Waals surface area (Å²) in [5.74, 6) is 1.09. The fraction of sp³-hybridized carbons (Fsp3) is 0.438. The zero-order valence-corrected chi connectivity index (χ0v) is 13.0. The first-order valence-electron chi connectivity index (χ1n) is 7.08. The molecule has 0 fully saturated rings. The maximum absolute atomic E-state index is 11.9. The second-order valence-corrected chi connectivity index (χ2v) is 5.39. The van der Waals surface area contributed by atoms with E-state index in [9.17, 15) is 4.79 Å². The van der Waals surface area contributed by atoms with Crippen LogP contribution in [-0.2, 0) is 17.8 Å². The normalized spacial score (nSPS) is 10.7. The molecule has 0 saturated carbocycles. The monoisotopic (exact) mass is 287 g/mol. The molecule has 0 atom stereocenters. The molecule has 0 bridgehead atoms. The summed E-state index contributed by atoms with van der Waals surface area (Å²) in [7, 11) is 0. The standard InChI is InChI=1S/C16H21N3O2/c1-10-7-11(2)14(12(3)8-10)9-17-15(20)5-6-16-18-13(4)19-21-16/h7-8H,5-6,9H2,1-4H3,(H,17,20). The fourth-order valence-corrected chi connectivity index (χ4v) is 2.43. The summed E-state index contributed by atoms with van der Waals surface area (Å²) in [6, 6.07) is 4.27. The molecule has 0 unspecified atom stereocenters. The van der Waals surface area contributed by atoms with E-state index in [2.05, 4.69) is 48.4 Å². The van der Waals surface area contributed by atoms with Crippen molar-refractivity contribution in [3.63, 3.8) is 0 Å². The van der Waals surface area contributed by atoms with Gasteiger partial charge in [-0.1, -0.05) is 22.9 Å². The molecule has 1 aromatic carbocycles. The second kappa shape index (κ2) is 6.52. The van der Waals surface area contributed by atoms with Crippen molar-refractivity contribution in [3.8, 4) is 0 Å². The highest BCUT2D eigenvalue weighted by molar-refractivity contribution is 5.76. The lowest BCUT2D eigenvalue weighted by atomic mass is 10.00. The zero-order valence-electron chi connectivity index (χ0n) is 13.0. The van der Waals surface area contributed by atoms with Gasteiger partial charge in [0, 0.05) is 19.4 Å². The quantitative estimate of drug-likeness (QED) is 0.917. The van der Waals surface area contributed by atoms with Crippen LogP contribution in [0, 0.1) is 27.7 Å². The lowest BCUT2D eigenvalue weighted by Gasteiger charge is -2.12. The van der Waals surface area contributed by atoms with Crippen LogP contribution in [0.1, 0.15) is 40.4 Å². The summed E-state index contributed by atoms with van der Waals surface area (Å²) in [5.41, 5.74) is 4.84. The van der Waals surface area contributed by atoms with Gasteiger partial charge < -0.3 is 9.84 Å². The minimum absolute atomic E-state index is 0.00905. The van der Waals surface area contributed by atoms with Crippen molar-refractivity contribution >= 4 is 5.91 Å². The minimum atomic E-state index is -0.00905. The van der Waals surface area contributed by atoms with Crippen LogP contribution in [-0.4, -0.2) is 16.0 Å².